The predicted octanol–water partition coefficient (Wildman–Crippen LogP) is 1.94. The van der Waals surface area contributed by atoms with E-state index in [1.165, 1.54) is 6.07 Å². The van der Waals surface area contributed by atoms with Crippen LogP contribution in [0.3, 0.4) is 0 Å². The number of amides is 1. The molecule has 1 amide bonds. The van der Waals surface area contributed by atoms with Gasteiger partial charge >= 0.3 is 5.69 Å². The highest BCUT2D eigenvalue weighted by atomic mass is 16.6. The van der Waals surface area contributed by atoms with Gasteiger partial charge in [-0.25, -0.2) is 0 Å². The van der Waals surface area contributed by atoms with Crippen molar-refractivity contribution in [2.24, 2.45) is 0 Å². The van der Waals surface area contributed by atoms with Gasteiger partial charge in [-0.1, -0.05) is 6.07 Å². The molecule has 0 spiro atoms. The lowest BCUT2D eigenvalue weighted by molar-refractivity contribution is -0.384. The number of anilines is 1. The van der Waals surface area contributed by atoms with Crippen LogP contribution in [-0.4, -0.2) is 36.6 Å². The summed E-state index contributed by atoms with van der Waals surface area (Å²) in [4.78, 5) is 22.9. The first-order valence-corrected chi connectivity index (χ1v) is 7.04. The number of nitro groups is 1. The van der Waals surface area contributed by atoms with E-state index in [-0.39, 0.29) is 17.4 Å². The Kier molecular flexibility index (Phi) is 5.10. The average Bonchev–Trinajstić information content (AvgIpc) is 2.98. The van der Waals surface area contributed by atoms with Crippen LogP contribution < -0.4 is 10.6 Å². The molecular weight excluding hydrogens is 274 g/mol. The van der Waals surface area contributed by atoms with Crippen LogP contribution in [0.25, 0.3) is 0 Å². The van der Waals surface area contributed by atoms with Crippen LogP contribution in [0.4, 0.5) is 11.4 Å². The fraction of sp³-hybridized carbons (Fsp3) is 0.500. The van der Waals surface area contributed by atoms with Gasteiger partial charge in [0.2, 0.25) is 0 Å². The molecule has 0 radical (unpaired) electrons. The highest BCUT2D eigenvalue weighted by Gasteiger charge is 2.25. The normalized spacial score (nSPS) is 17.5. The number of carbonyl (C=O) groups is 1. The summed E-state index contributed by atoms with van der Waals surface area (Å²) in [6.07, 6.45) is 1.89. The lowest BCUT2D eigenvalue weighted by atomic mass is 10.1. The lowest BCUT2D eigenvalue weighted by Gasteiger charge is -2.12. The van der Waals surface area contributed by atoms with Crippen LogP contribution in [0.2, 0.25) is 0 Å². The van der Waals surface area contributed by atoms with E-state index in [9.17, 15) is 14.9 Å². The molecule has 21 heavy (non-hydrogen) atoms. The van der Waals surface area contributed by atoms with Crippen molar-refractivity contribution in [2.45, 2.75) is 25.9 Å². The number of para-hydroxylation sites is 1. The number of nitrogens with one attached hydrogen (secondary N) is 2. The Labute approximate surface area is 122 Å². The zero-order valence-electron chi connectivity index (χ0n) is 11.9. The third-order valence-corrected chi connectivity index (χ3v) is 3.34. The Hall–Kier alpha value is -2.15. The molecule has 114 valence electrons. The van der Waals surface area contributed by atoms with Crippen molar-refractivity contribution in [2.75, 3.05) is 25.0 Å². The van der Waals surface area contributed by atoms with Gasteiger partial charge in [0.25, 0.3) is 5.91 Å². The number of carbonyl (C=O) groups excluding carboxylic acids is 1. The Morgan fingerprint density at radius 1 is 1.52 bits per heavy atom. The van der Waals surface area contributed by atoms with Gasteiger partial charge in [0.05, 0.1) is 11.0 Å². The van der Waals surface area contributed by atoms with Gasteiger partial charge in [-0.15, -0.1) is 0 Å². The maximum absolute atomic E-state index is 12.2. The maximum Gasteiger partial charge on any atom is 0.305 e. The van der Waals surface area contributed by atoms with Crippen molar-refractivity contribution in [1.82, 2.24) is 5.32 Å². The molecule has 1 unspecified atom stereocenters. The van der Waals surface area contributed by atoms with Crippen molar-refractivity contribution in [3.8, 4) is 0 Å². The van der Waals surface area contributed by atoms with Crippen LogP contribution >= 0.6 is 0 Å². The van der Waals surface area contributed by atoms with Gasteiger partial charge in [0, 0.05) is 19.7 Å². The zero-order valence-corrected chi connectivity index (χ0v) is 11.9. The molecule has 1 fully saturated rings. The minimum atomic E-state index is -0.529. The lowest BCUT2D eigenvalue weighted by Crippen LogP contribution is -2.32. The second-order valence-electron chi connectivity index (χ2n) is 4.83. The monoisotopic (exact) mass is 293 g/mol. The molecule has 2 N–H and O–H groups in total. The molecule has 0 aromatic heterocycles. The second-order valence-corrected chi connectivity index (χ2v) is 4.83. The van der Waals surface area contributed by atoms with E-state index in [0.29, 0.717) is 25.4 Å². The molecule has 1 aromatic carbocycles. The Balaban J connectivity index is 2.15. The van der Waals surface area contributed by atoms with Crippen molar-refractivity contribution in [1.29, 1.82) is 0 Å². The molecule has 0 saturated carbocycles. The van der Waals surface area contributed by atoms with Crippen molar-refractivity contribution in [3.63, 3.8) is 0 Å². The number of hydrogen-bond acceptors (Lipinski definition) is 5. The molecule has 7 nitrogen and oxygen atoms in total. The molecule has 1 atom stereocenters. The largest absolute Gasteiger partial charge is 0.380 e. The standard InChI is InChI=1S/C14H19N3O4/c1-2-15-12-7-3-6-11(13(12)17(19)20)14(18)16-9-10-5-4-8-21-10/h3,6-7,10,15H,2,4-5,8-9H2,1H3,(H,16,18). The molecular formula is C14H19N3O4. The number of rotatable bonds is 6. The van der Waals surface area contributed by atoms with E-state index in [2.05, 4.69) is 10.6 Å². The minimum absolute atomic E-state index is 0.00459. The number of benzene rings is 1. The molecule has 7 heteroatoms. The summed E-state index contributed by atoms with van der Waals surface area (Å²) in [6.45, 7) is 3.47. The Bertz CT molecular complexity index is 527. The van der Waals surface area contributed by atoms with Crippen LogP contribution in [0.15, 0.2) is 18.2 Å². The molecule has 1 aliphatic heterocycles. The van der Waals surface area contributed by atoms with Crippen LogP contribution in [0.5, 0.6) is 0 Å². The number of hydrogen-bond donors (Lipinski definition) is 2. The minimum Gasteiger partial charge on any atom is -0.380 e. The van der Waals surface area contributed by atoms with Gasteiger partial charge in [0.1, 0.15) is 11.3 Å². The van der Waals surface area contributed by atoms with Crippen molar-refractivity contribution in [3.05, 3.63) is 33.9 Å². The van der Waals surface area contributed by atoms with E-state index >= 15 is 0 Å². The molecule has 1 saturated heterocycles. The quantitative estimate of drug-likeness (QED) is 0.617. The van der Waals surface area contributed by atoms with E-state index in [1.807, 2.05) is 6.92 Å². The van der Waals surface area contributed by atoms with Gasteiger partial charge < -0.3 is 15.4 Å². The first-order valence-electron chi connectivity index (χ1n) is 7.04. The summed E-state index contributed by atoms with van der Waals surface area (Å²) in [5.41, 5.74) is 0.230. The van der Waals surface area contributed by atoms with Crippen molar-refractivity contribution >= 4 is 17.3 Å². The van der Waals surface area contributed by atoms with E-state index < -0.39 is 10.8 Å². The van der Waals surface area contributed by atoms with Crippen LogP contribution in [-0.2, 0) is 4.74 Å². The molecule has 1 heterocycles. The number of nitro benzene ring substituents is 1. The Morgan fingerprint density at radius 3 is 2.95 bits per heavy atom. The van der Waals surface area contributed by atoms with Gasteiger partial charge in [-0.2, -0.15) is 0 Å². The van der Waals surface area contributed by atoms with Gasteiger partial charge in [-0.05, 0) is 31.9 Å². The van der Waals surface area contributed by atoms with E-state index in [1.54, 1.807) is 12.1 Å². The first-order chi connectivity index (χ1) is 10.1. The fourth-order valence-electron chi connectivity index (χ4n) is 2.36. The summed E-state index contributed by atoms with van der Waals surface area (Å²) in [6, 6.07) is 4.69. The summed E-state index contributed by atoms with van der Waals surface area (Å²) in [5.74, 6) is -0.447. The highest BCUT2D eigenvalue weighted by Crippen LogP contribution is 2.28. The summed E-state index contributed by atoms with van der Waals surface area (Å²) in [7, 11) is 0. The molecule has 2 rings (SSSR count). The van der Waals surface area contributed by atoms with Gasteiger partial charge in [0.15, 0.2) is 0 Å². The smallest absolute Gasteiger partial charge is 0.305 e. The summed E-state index contributed by atoms with van der Waals surface area (Å²) >= 11 is 0. The third kappa shape index (κ3) is 3.69. The molecule has 0 aliphatic carbocycles. The van der Waals surface area contributed by atoms with Gasteiger partial charge in [-0.3, -0.25) is 14.9 Å². The third-order valence-electron chi connectivity index (χ3n) is 3.34. The molecule has 1 aromatic rings. The number of ether oxygens (including phenoxy) is 1. The first kappa shape index (κ1) is 15.2. The summed E-state index contributed by atoms with van der Waals surface area (Å²) in [5, 5.41) is 16.9. The summed E-state index contributed by atoms with van der Waals surface area (Å²) < 4.78 is 5.42. The average molecular weight is 293 g/mol. The van der Waals surface area contributed by atoms with E-state index in [4.69, 9.17) is 4.74 Å². The molecule has 0 bridgehead atoms. The van der Waals surface area contributed by atoms with Crippen LogP contribution in [0, 0.1) is 10.1 Å². The highest BCUT2D eigenvalue weighted by molar-refractivity contribution is 6.00. The Morgan fingerprint density at radius 2 is 2.33 bits per heavy atom. The van der Waals surface area contributed by atoms with E-state index in [0.717, 1.165) is 12.8 Å². The number of nitrogens with zero attached hydrogens (tertiary/aromatic N) is 1. The maximum atomic E-state index is 12.2. The van der Waals surface area contributed by atoms with Crippen LogP contribution in [0.1, 0.15) is 30.1 Å². The fourth-order valence-corrected chi connectivity index (χ4v) is 2.36. The zero-order chi connectivity index (χ0) is 15.2. The topological polar surface area (TPSA) is 93.5 Å². The molecule has 1 aliphatic rings. The predicted molar refractivity (Wildman–Crippen MR) is 78.6 cm³/mol. The van der Waals surface area contributed by atoms with Crippen molar-refractivity contribution < 1.29 is 14.5 Å². The second kappa shape index (κ2) is 7.03. The SMILES string of the molecule is CCNc1cccc(C(=O)NCC2CCCO2)c1[N+](=O)[O-].